The second-order valence-corrected chi connectivity index (χ2v) is 8.11. The van der Waals surface area contributed by atoms with Gasteiger partial charge in [0.1, 0.15) is 0 Å². The molecule has 160 valence electrons. The maximum Gasteiger partial charge on any atom is 0.338 e. The summed E-state index contributed by atoms with van der Waals surface area (Å²) in [6, 6.07) is 13.3. The Balaban J connectivity index is 1.38. The summed E-state index contributed by atoms with van der Waals surface area (Å²) in [5, 5.41) is 0. The summed E-state index contributed by atoms with van der Waals surface area (Å²) >= 11 is 0. The van der Waals surface area contributed by atoms with Gasteiger partial charge in [0.15, 0.2) is 6.61 Å². The zero-order valence-corrected chi connectivity index (χ0v) is 17.4. The number of carbonyl (C=O) groups is 4. The van der Waals surface area contributed by atoms with Crippen molar-refractivity contribution in [2.75, 3.05) is 19.7 Å². The number of imide groups is 1. The van der Waals surface area contributed by atoms with E-state index in [2.05, 4.69) is 6.92 Å². The lowest BCUT2D eigenvalue weighted by atomic mass is 10.0. The van der Waals surface area contributed by atoms with E-state index in [0.717, 1.165) is 17.7 Å². The molecule has 3 amide bonds. The van der Waals surface area contributed by atoms with Gasteiger partial charge in [0, 0.05) is 13.1 Å². The smallest absolute Gasteiger partial charge is 0.338 e. The van der Waals surface area contributed by atoms with Gasteiger partial charge in [-0.15, -0.1) is 0 Å². The minimum Gasteiger partial charge on any atom is -0.452 e. The normalized spacial score (nSPS) is 18.2. The second-order valence-electron chi connectivity index (χ2n) is 8.11. The third-order valence-corrected chi connectivity index (χ3v) is 5.72. The average molecular weight is 420 g/mol. The summed E-state index contributed by atoms with van der Waals surface area (Å²) in [7, 11) is 0. The van der Waals surface area contributed by atoms with Gasteiger partial charge in [0.25, 0.3) is 17.7 Å². The molecule has 2 aliphatic heterocycles. The molecule has 0 spiro atoms. The molecule has 0 saturated carbocycles. The van der Waals surface area contributed by atoms with Crippen molar-refractivity contribution in [1.82, 2.24) is 9.80 Å². The van der Waals surface area contributed by atoms with Crippen LogP contribution in [0.4, 0.5) is 0 Å². The van der Waals surface area contributed by atoms with E-state index >= 15 is 0 Å². The first-order chi connectivity index (χ1) is 14.9. The molecule has 31 heavy (non-hydrogen) atoms. The lowest BCUT2D eigenvalue weighted by Crippen LogP contribution is -2.41. The molecule has 2 aromatic rings. The number of amides is 3. The van der Waals surface area contributed by atoms with E-state index in [0.29, 0.717) is 35.7 Å². The first-order valence-electron chi connectivity index (χ1n) is 10.4. The van der Waals surface area contributed by atoms with E-state index in [9.17, 15) is 19.2 Å². The SMILES string of the molecule is C[C@H]1CCCN(C(=O)COC(=O)c2cccc(CN3C(=O)c4ccccc4C3=O)c2)C1. The molecule has 4 rings (SSSR count). The van der Waals surface area contributed by atoms with E-state index in [-0.39, 0.29) is 36.4 Å². The Morgan fingerprint density at radius 1 is 1.03 bits per heavy atom. The van der Waals surface area contributed by atoms with Gasteiger partial charge in [-0.25, -0.2) is 4.79 Å². The first-order valence-corrected chi connectivity index (χ1v) is 10.4. The number of likely N-dealkylation sites (tertiary alicyclic amines) is 1. The molecular formula is C24H24N2O5. The van der Waals surface area contributed by atoms with E-state index in [1.165, 1.54) is 0 Å². The number of benzene rings is 2. The van der Waals surface area contributed by atoms with Gasteiger partial charge < -0.3 is 9.64 Å². The molecule has 0 bridgehead atoms. The number of piperidine rings is 1. The fourth-order valence-electron chi connectivity index (χ4n) is 4.08. The highest BCUT2D eigenvalue weighted by atomic mass is 16.5. The lowest BCUT2D eigenvalue weighted by molar-refractivity contribution is -0.136. The molecule has 1 saturated heterocycles. The number of carbonyl (C=O) groups excluding carboxylic acids is 4. The van der Waals surface area contributed by atoms with Crippen LogP contribution in [0.5, 0.6) is 0 Å². The number of esters is 1. The van der Waals surface area contributed by atoms with Gasteiger partial charge in [-0.1, -0.05) is 31.2 Å². The Morgan fingerprint density at radius 3 is 2.42 bits per heavy atom. The predicted octanol–water partition coefficient (Wildman–Crippen LogP) is 2.90. The fourth-order valence-corrected chi connectivity index (χ4v) is 4.08. The van der Waals surface area contributed by atoms with E-state index in [1.807, 2.05) is 0 Å². The predicted molar refractivity (Wildman–Crippen MR) is 112 cm³/mol. The van der Waals surface area contributed by atoms with Crippen molar-refractivity contribution in [3.05, 3.63) is 70.8 Å². The molecule has 2 aliphatic rings. The summed E-state index contributed by atoms with van der Waals surface area (Å²) in [6.07, 6.45) is 2.06. The highest BCUT2D eigenvalue weighted by Gasteiger charge is 2.35. The molecule has 0 aromatic heterocycles. The Bertz CT molecular complexity index is 1010. The van der Waals surface area contributed by atoms with Crippen LogP contribution >= 0.6 is 0 Å². The van der Waals surface area contributed by atoms with Crippen LogP contribution in [0.25, 0.3) is 0 Å². The third-order valence-electron chi connectivity index (χ3n) is 5.72. The van der Waals surface area contributed by atoms with E-state index in [4.69, 9.17) is 4.74 Å². The van der Waals surface area contributed by atoms with Crippen molar-refractivity contribution in [2.45, 2.75) is 26.3 Å². The van der Waals surface area contributed by atoms with Crippen LogP contribution in [0.1, 0.15) is 56.4 Å². The lowest BCUT2D eigenvalue weighted by Gasteiger charge is -2.30. The number of ether oxygens (including phenoxy) is 1. The van der Waals surface area contributed by atoms with Crippen LogP contribution in [0.2, 0.25) is 0 Å². The van der Waals surface area contributed by atoms with Gasteiger partial charge in [0.2, 0.25) is 0 Å². The van der Waals surface area contributed by atoms with Gasteiger partial charge in [-0.2, -0.15) is 0 Å². The van der Waals surface area contributed by atoms with Gasteiger partial charge in [0.05, 0.1) is 23.2 Å². The number of hydrogen-bond donors (Lipinski definition) is 0. The Labute approximate surface area is 180 Å². The molecule has 1 fully saturated rings. The number of rotatable bonds is 5. The molecule has 0 aliphatic carbocycles. The first kappa shape index (κ1) is 20.8. The van der Waals surface area contributed by atoms with E-state index < -0.39 is 5.97 Å². The number of hydrogen-bond acceptors (Lipinski definition) is 5. The quantitative estimate of drug-likeness (QED) is 0.549. The van der Waals surface area contributed by atoms with Crippen molar-refractivity contribution in [3.8, 4) is 0 Å². The fraction of sp³-hybridized carbons (Fsp3) is 0.333. The standard InChI is InChI=1S/C24H24N2O5/c1-16-6-5-11-25(13-16)21(27)15-31-24(30)18-8-4-7-17(12-18)14-26-22(28)19-9-2-3-10-20(19)23(26)29/h2-4,7-10,12,16H,5-6,11,13-15H2,1H3/t16-/m0/s1. The van der Waals surface area contributed by atoms with Crippen molar-refractivity contribution >= 4 is 23.7 Å². The zero-order chi connectivity index (χ0) is 22.0. The van der Waals surface area contributed by atoms with Crippen LogP contribution in [-0.4, -0.2) is 53.2 Å². The minimum absolute atomic E-state index is 0.0536. The topological polar surface area (TPSA) is 84.0 Å². The summed E-state index contributed by atoms with van der Waals surface area (Å²) < 4.78 is 5.22. The van der Waals surface area contributed by atoms with Crippen LogP contribution in [0.15, 0.2) is 48.5 Å². The minimum atomic E-state index is -0.609. The van der Waals surface area contributed by atoms with Crippen LogP contribution < -0.4 is 0 Å². The molecule has 7 heteroatoms. The maximum atomic E-state index is 12.6. The maximum absolute atomic E-state index is 12.6. The summed E-state index contributed by atoms with van der Waals surface area (Å²) in [5.74, 6) is -1.05. The molecule has 0 radical (unpaired) electrons. The number of nitrogens with zero attached hydrogens (tertiary/aromatic N) is 2. The average Bonchev–Trinajstić information content (AvgIpc) is 3.02. The molecular weight excluding hydrogens is 396 g/mol. The highest BCUT2D eigenvalue weighted by molar-refractivity contribution is 6.21. The second kappa shape index (κ2) is 8.71. The monoisotopic (exact) mass is 420 g/mol. The van der Waals surface area contributed by atoms with Gasteiger partial charge >= 0.3 is 5.97 Å². The van der Waals surface area contributed by atoms with Crippen molar-refractivity contribution < 1.29 is 23.9 Å². The molecule has 2 aromatic carbocycles. The number of fused-ring (bicyclic) bond motifs is 1. The third kappa shape index (κ3) is 4.35. The van der Waals surface area contributed by atoms with Crippen molar-refractivity contribution in [2.24, 2.45) is 5.92 Å². The molecule has 0 unspecified atom stereocenters. The Morgan fingerprint density at radius 2 is 1.74 bits per heavy atom. The summed E-state index contributed by atoms with van der Waals surface area (Å²) in [6.45, 7) is 3.24. The molecule has 1 atom stereocenters. The molecule has 2 heterocycles. The van der Waals surface area contributed by atoms with Crippen LogP contribution in [-0.2, 0) is 16.1 Å². The van der Waals surface area contributed by atoms with Crippen molar-refractivity contribution in [3.63, 3.8) is 0 Å². The van der Waals surface area contributed by atoms with Gasteiger partial charge in [-0.05, 0) is 48.6 Å². The van der Waals surface area contributed by atoms with Crippen LogP contribution in [0.3, 0.4) is 0 Å². The molecule has 7 nitrogen and oxygen atoms in total. The largest absolute Gasteiger partial charge is 0.452 e. The van der Waals surface area contributed by atoms with Gasteiger partial charge in [-0.3, -0.25) is 19.3 Å². The van der Waals surface area contributed by atoms with Crippen LogP contribution in [0, 0.1) is 5.92 Å². The zero-order valence-electron chi connectivity index (χ0n) is 17.4. The summed E-state index contributed by atoms with van der Waals surface area (Å²) in [4.78, 5) is 52.8. The molecule has 0 N–H and O–H groups in total. The Kier molecular flexibility index (Phi) is 5.84. The highest BCUT2D eigenvalue weighted by Crippen LogP contribution is 2.24. The van der Waals surface area contributed by atoms with E-state index in [1.54, 1.807) is 53.4 Å². The summed E-state index contributed by atoms with van der Waals surface area (Å²) in [5.41, 5.74) is 1.66. The van der Waals surface area contributed by atoms with Crippen molar-refractivity contribution in [1.29, 1.82) is 0 Å². The Hall–Kier alpha value is -3.48.